The molecular weight excluding hydrogens is 525 g/mol. The molecule has 0 aliphatic carbocycles. The molecule has 4 aromatic rings. The van der Waals surface area contributed by atoms with Gasteiger partial charge in [0.15, 0.2) is 17.5 Å². The van der Waals surface area contributed by atoms with Crippen molar-refractivity contribution in [2.75, 3.05) is 6.61 Å². The van der Waals surface area contributed by atoms with Crippen molar-refractivity contribution < 1.29 is 40.2 Å². The maximum Gasteiger partial charge on any atom is 0.429 e. The SMILES string of the molecule is C=CCOc1ccc(-c2ccc(C#Cc3ccc(C(F)(F)Oc4cc(F)c(F)c(F)c4)c(F)c3)c(F)c2)cc1. The Hall–Kier alpha value is -4.71. The average molecular weight is 542 g/mol. The minimum absolute atomic E-state index is 0.0109. The van der Waals surface area contributed by atoms with Crippen molar-refractivity contribution in [3.8, 4) is 34.5 Å². The van der Waals surface area contributed by atoms with Gasteiger partial charge in [0.25, 0.3) is 0 Å². The number of halogens is 7. The summed E-state index contributed by atoms with van der Waals surface area (Å²) in [7, 11) is 0. The van der Waals surface area contributed by atoms with E-state index in [9.17, 15) is 30.7 Å². The smallest absolute Gasteiger partial charge is 0.429 e. The van der Waals surface area contributed by atoms with Gasteiger partial charge in [-0.15, -0.1) is 0 Å². The van der Waals surface area contributed by atoms with Crippen LogP contribution in [0.5, 0.6) is 11.5 Å². The standard InChI is InChI=1S/C30H17F7O2/c1-2-13-38-22-10-8-19(9-11-22)21-7-6-20(25(31)15-21)5-3-18-4-12-24(26(32)14-18)30(36,37)39-23-16-27(33)29(35)28(34)17-23/h2,4,6-12,14-17H,1,13H2. The molecule has 0 bridgehead atoms. The van der Waals surface area contributed by atoms with Crippen molar-refractivity contribution in [3.63, 3.8) is 0 Å². The third-order valence-corrected chi connectivity index (χ3v) is 5.35. The van der Waals surface area contributed by atoms with Gasteiger partial charge < -0.3 is 9.47 Å². The molecule has 0 aliphatic heterocycles. The van der Waals surface area contributed by atoms with Crippen LogP contribution in [-0.4, -0.2) is 6.61 Å². The van der Waals surface area contributed by atoms with E-state index in [1.54, 1.807) is 36.4 Å². The van der Waals surface area contributed by atoms with Crippen molar-refractivity contribution in [2.45, 2.75) is 6.11 Å². The van der Waals surface area contributed by atoms with E-state index in [0.29, 0.717) is 30.1 Å². The topological polar surface area (TPSA) is 18.5 Å². The van der Waals surface area contributed by atoms with Crippen molar-refractivity contribution in [3.05, 3.63) is 131 Å². The first-order chi connectivity index (χ1) is 18.6. The van der Waals surface area contributed by atoms with E-state index >= 15 is 0 Å². The van der Waals surface area contributed by atoms with Crippen molar-refractivity contribution in [1.29, 1.82) is 0 Å². The fourth-order valence-electron chi connectivity index (χ4n) is 3.46. The maximum atomic E-state index is 14.7. The summed E-state index contributed by atoms with van der Waals surface area (Å²) < 4.78 is 107. The van der Waals surface area contributed by atoms with Crippen molar-refractivity contribution in [2.24, 2.45) is 0 Å². The first-order valence-electron chi connectivity index (χ1n) is 11.2. The largest absolute Gasteiger partial charge is 0.490 e. The molecule has 9 heteroatoms. The van der Waals surface area contributed by atoms with E-state index in [0.717, 1.165) is 11.6 Å². The highest BCUT2D eigenvalue weighted by molar-refractivity contribution is 5.65. The fraction of sp³-hybridized carbons (Fsp3) is 0.0667. The Morgan fingerprint density at radius 3 is 1.97 bits per heavy atom. The fourth-order valence-corrected chi connectivity index (χ4v) is 3.46. The summed E-state index contributed by atoms with van der Waals surface area (Å²) in [5, 5.41) is 0. The molecule has 0 atom stereocenters. The Kier molecular flexibility index (Phi) is 7.96. The van der Waals surface area contributed by atoms with Crippen LogP contribution in [0.4, 0.5) is 30.7 Å². The number of rotatable bonds is 7. The first-order valence-corrected chi connectivity index (χ1v) is 11.2. The lowest BCUT2D eigenvalue weighted by Crippen LogP contribution is -2.23. The van der Waals surface area contributed by atoms with E-state index in [-0.39, 0.29) is 23.3 Å². The lowest BCUT2D eigenvalue weighted by molar-refractivity contribution is -0.187. The highest BCUT2D eigenvalue weighted by Crippen LogP contribution is 2.34. The van der Waals surface area contributed by atoms with Gasteiger partial charge in [0.05, 0.1) is 5.56 Å². The van der Waals surface area contributed by atoms with E-state index in [2.05, 4.69) is 23.2 Å². The maximum absolute atomic E-state index is 14.7. The average Bonchev–Trinajstić information content (AvgIpc) is 2.89. The Balaban J connectivity index is 1.50. The van der Waals surface area contributed by atoms with Crippen LogP contribution in [0.1, 0.15) is 16.7 Å². The van der Waals surface area contributed by atoms with Gasteiger partial charge in [-0.1, -0.05) is 42.7 Å². The molecule has 4 rings (SSSR count). The molecule has 0 aliphatic rings. The summed E-state index contributed by atoms with van der Waals surface area (Å²) in [6.07, 6.45) is -2.75. The molecule has 0 unspecified atom stereocenters. The van der Waals surface area contributed by atoms with Crippen LogP contribution in [0.25, 0.3) is 11.1 Å². The van der Waals surface area contributed by atoms with E-state index in [4.69, 9.17) is 4.74 Å². The molecule has 0 heterocycles. The second kappa shape index (κ2) is 11.4. The van der Waals surface area contributed by atoms with Crippen LogP contribution in [0, 0.1) is 40.9 Å². The van der Waals surface area contributed by atoms with Gasteiger partial charge >= 0.3 is 6.11 Å². The Morgan fingerprint density at radius 2 is 1.36 bits per heavy atom. The molecule has 198 valence electrons. The molecular formula is C30H17F7O2. The van der Waals surface area contributed by atoms with E-state index in [1.165, 1.54) is 12.1 Å². The summed E-state index contributed by atoms with van der Waals surface area (Å²) in [5.41, 5.74) is -0.0134. The van der Waals surface area contributed by atoms with Crippen LogP contribution in [0.15, 0.2) is 85.5 Å². The zero-order chi connectivity index (χ0) is 28.2. The van der Waals surface area contributed by atoms with Crippen molar-refractivity contribution in [1.82, 2.24) is 0 Å². The van der Waals surface area contributed by atoms with Gasteiger partial charge in [0.1, 0.15) is 35.3 Å². The molecule has 2 nitrogen and oxygen atoms in total. The molecule has 0 amide bonds. The van der Waals surface area contributed by atoms with Crippen molar-refractivity contribution >= 4 is 0 Å². The molecule has 0 fully saturated rings. The molecule has 0 saturated carbocycles. The molecule has 0 spiro atoms. The third kappa shape index (κ3) is 6.41. The summed E-state index contributed by atoms with van der Waals surface area (Å²) in [6, 6.07) is 14.1. The molecule has 4 aromatic carbocycles. The summed E-state index contributed by atoms with van der Waals surface area (Å²) in [6.45, 7) is 3.92. The monoisotopic (exact) mass is 542 g/mol. The summed E-state index contributed by atoms with van der Waals surface area (Å²) in [5.74, 6) is -2.85. The van der Waals surface area contributed by atoms with E-state index in [1.807, 2.05) is 0 Å². The van der Waals surface area contributed by atoms with Gasteiger partial charge in [-0.2, -0.15) is 8.78 Å². The number of hydrogen-bond acceptors (Lipinski definition) is 2. The van der Waals surface area contributed by atoms with E-state index < -0.39 is 46.5 Å². The van der Waals surface area contributed by atoms with Gasteiger partial charge in [0.2, 0.25) is 0 Å². The predicted octanol–water partition coefficient (Wildman–Crippen LogP) is 8.14. The lowest BCUT2D eigenvalue weighted by atomic mass is 10.0. The lowest BCUT2D eigenvalue weighted by Gasteiger charge is -2.19. The number of ether oxygens (including phenoxy) is 2. The number of alkyl halides is 2. The molecule has 39 heavy (non-hydrogen) atoms. The van der Waals surface area contributed by atoms with Crippen LogP contribution in [-0.2, 0) is 6.11 Å². The Morgan fingerprint density at radius 1 is 0.692 bits per heavy atom. The number of hydrogen-bond donors (Lipinski definition) is 0. The highest BCUT2D eigenvalue weighted by atomic mass is 19.3. The summed E-state index contributed by atoms with van der Waals surface area (Å²) in [4.78, 5) is 0. The normalized spacial score (nSPS) is 10.9. The van der Waals surface area contributed by atoms with Crippen LogP contribution in [0.3, 0.4) is 0 Å². The summed E-state index contributed by atoms with van der Waals surface area (Å²) >= 11 is 0. The zero-order valence-corrected chi connectivity index (χ0v) is 19.9. The zero-order valence-electron chi connectivity index (χ0n) is 19.9. The number of benzene rings is 4. The van der Waals surface area contributed by atoms with Gasteiger partial charge in [-0.25, -0.2) is 22.0 Å². The quantitative estimate of drug-likeness (QED) is 0.102. The van der Waals surface area contributed by atoms with Crippen LogP contribution in [0.2, 0.25) is 0 Å². The Labute approximate surface area is 218 Å². The van der Waals surface area contributed by atoms with Gasteiger partial charge in [-0.3, -0.25) is 0 Å². The van der Waals surface area contributed by atoms with Gasteiger partial charge in [0, 0.05) is 17.7 Å². The third-order valence-electron chi connectivity index (χ3n) is 5.35. The molecule has 0 N–H and O–H groups in total. The molecule has 0 saturated heterocycles. The predicted molar refractivity (Wildman–Crippen MR) is 131 cm³/mol. The molecule has 0 radical (unpaired) electrons. The second-order valence-electron chi connectivity index (χ2n) is 8.08. The minimum Gasteiger partial charge on any atom is -0.490 e. The molecule has 0 aromatic heterocycles. The van der Waals surface area contributed by atoms with Gasteiger partial charge in [-0.05, 0) is 53.6 Å². The first kappa shape index (κ1) is 27.3. The highest BCUT2D eigenvalue weighted by Gasteiger charge is 2.38. The van der Waals surface area contributed by atoms with Crippen LogP contribution >= 0.6 is 0 Å². The Bertz CT molecular complexity index is 1560. The second-order valence-corrected chi connectivity index (χ2v) is 8.08. The minimum atomic E-state index is -4.36. The van der Waals surface area contributed by atoms with Crippen LogP contribution < -0.4 is 9.47 Å².